The summed E-state index contributed by atoms with van der Waals surface area (Å²) in [7, 11) is 0. The minimum absolute atomic E-state index is 1.09. The predicted molar refractivity (Wildman–Crippen MR) is 253 cm³/mol. The van der Waals surface area contributed by atoms with Crippen LogP contribution in [-0.4, -0.2) is 4.57 Å². The molecule has 2 heteroatoms. The summed E-state index contributed by atoms with van der Waals surface area (Å²) in [4.78, 5) is 2.39. The summed E-state index contributed by atoms with van der Waals surface area (Å²) in [6.45, 7) is 5.25. The van der Waals surface area contributed by atoms with Gasteiger partial charge in [-0.3, -0.25) is 0 Å². The van der Waals surface area contributed by atoms with Gasteiger partial charge in [-0.2, -0.15) is 0 Å². The highest BCUT2D eigenvalue weighted by Crippen LogP contribution is 2.46. The minimum atomic E-state index is 1.09. The molecule has 0 amide bonds. The first-order valence-corrected chi connectivity index (χ1v) is 20.2. The molecule has 0 saturated heterocycles. The van der Waals surface area contributed by atoms with Gasteiger partial charge in [0.05, 0.1) is 11.0 Å². The number of aromatic nitrogens is 1. The van der Waals surface area contributed by atoms with Crippen LogP contribution < -0.4 is 4.90 Å². The van der Waals surface area contributed by atoms with E-state index >= 15 is 0 Å². The molecule has 59 heavy (non-hydrogen) atoms. The molecule has 0 unspecified atom stereocenters. The van der Waals surface area contributed by atoms with Gasteiger partial charge in [0, 0.05) is 39.1 Å². The third-order valence-electron chi connectivity index (χ3n) is 10.8. The topological polar surface area (TPSA) is 8.17 Å². The first kappa shape index (κ1) is 36.9. The maximum Gasteiger partial charge on any atom is 0.0625 e. The number of anilines is 3. The number of rotatable bonds is 8. The Morgan fingerprint density at radius 3 is 1.24 bits per heavy atom. The normalized spacial score (nSPS) is 10.9. The van der Waals surface area contributed by atoms with Crippen LogP contribution in [0.5, 0.6) is 0 Å². The lowest BCUT2D eigenvalue weighted by molar-refractivity contribution is 1.18. The van der Waals surface area contributed by atoms with E-state index < -0.39 is 0 Å². The van der Waals surface area contributed by atoms with Crippen LogP contribution in [0, 0.1) is 0 Å². The number of nitrogens with zero attached hydrogens (tertiary/aromatic N) is 2. The summed E-state index contributed by atoms with van der Waals surface area (Å²) in [6.07, 6.45) is 1.75. The second kappa shape index (κ2) is 16.8. The maximum absolute atomic E-state index is 3.36. The second-order valence-corrected chi connectivity index (χ2v) is 14.6. The van der Waals surface area contributed by atoms with Crippen LogP contribution in [-0.2, 0) is 0 Å². The fraction of sp³-hybridized carbons (Fsp3) is 0.0175. The summed E-state index contributed by atoms with van der Waals surface area (Å²) in [5.74, 6) is 0. The van der Waals surface area contributed by atoms with Crippen LogP contribution in [0.2, 0.25) is 0 Å². The standard InChI is InChI=1S/C54H38N2.C3H6/c1-6-16-39(17-7-1)41-26-30-46(31-27-41)55(47-32-28-42(29-33-47)40-18-8-2-9-19-40)48-34-37-52-51(38-48)53-49(43-20-10-3-11-21-43)35-36-50(44-22-12-4-13-23-44)54(53)56(52)45-24-14-5-15-25-45;1-3-2/h1-38H;3H,1H2,2H3. The largest absolute Gasteiger partial charge is 0.310 e. The van der Waals surface area contributed by atoms with Gasteiger partial charge in [0.2, 0.25) is 0 Å². The summed E-state index contributed by atoms with van der Waals surface area (Å²) < 4.78 is 2.46. The second-order valence-electron chi connectivity index (χ2n) is 14.6. The van der Waals surface area contributed by atoms with Gasteiger partial charge in [0.15, 0.2) is 0 Å². The zero-order valence-corrected chi connectivity index (χ0v) is 33.1. The van der Waals surface area contributed by atoms with E-state index in [0.717, 1.165) is 28.3 Å². The van der Waals surface area contributed by atoms with Crippen molar-refractivity contribution in [2.45, 2.75) is 6.92 Å². The average Bonchev–Trinajstić information content (AvgIpc) is 3.66. The van der Waals surface area contributed by atoms with Gasteiger partial charge in [-0.1, -0.05) is 182 Å². The van der Waals surface area contributed by atoms with Crippen molar-refractivity contribution in [3.8, 4) is 50.2 Å². The van der Waals surface area contributed by atoms with Crippen LogP contribution in [0.4, 0.5) is 17.1 Å². The van der Waals surface area contributed by atoms with Crippen molar-refractivity contribution in [3.63, 3.8) is 0 Å². The Labute approximate surface area is 347 Å². The molecule has 0 fully saturated rings. The summed E-state index contributed by atoms with van der Waals surface area (Å²) >= 11 is 0. The highest BCUT2D eigenvalue weighted by molar-refractivity contribution is 6.20. The zero-order chi connectivity index (χ0) is 40.0. The van der Waals surface area contributed by atoms with Gasteiger partial charge in [-0.05, 0) is 100 Å². The molecule has 9 aromatic carbocycles. The molecule has 0 radical (unpaired) electrons. The number of hydrogen-bond acceptors (Lipinski definition) is 1. The quantitative estimate of drug-likeness (QED) is 0.140. The molecule has 282 valence electrons. The van der Waals surface area contributed by atoms with Gasteiger partial charge in [0.25, 0.3) is 0 Å². The van der Waals surface area contributed by atoms with Gasteiger partial charge in [-0.15, -0.1) is 6.58 Å². The molecule has 1 aromatic heterocycles. The molecule has 0 spiro atoms. The molecular weight excluding hydrogens is 713 g/mol. The van der Waals surface area contributed by atoms with Crippen LogP contribution >= 0.6 is 0 Å². The molecule has 10 aromatic rings. The van der Waals surface area contributed by atoms with Crippen molar-refractivity contribution >= 4 is 38.9 Å². The average molecular weight is 757 g/mol. The van der Waals surface area contributed by atoms with Crippen LogP contribution in [0.15, 0.2) is 243 Å². The van der Waals surface area contributed by atoms with Crippen molar-refractivity contribution in [3.05, 3.63) is 243 Å². The van der Waals surface area contributed by atoms with Crippen molar-refractivity contribution in [1.29, 1.82) is 0 Å². The predicted octanol–water partition coefficient (Wildman–Crippen LogP) is 16.1. The van der Waals surface area contributed by atoms with E-state index in [1.165, 1.54) is 60.8 Å². The molecule has 2 nitrogen and oxygen atoms in total. The fourth-order valence-corrected chi connectivity index (χ4v) is 8.14. The fourth-order valence-electron chi connectivity index (χ4n) is 8.14. The Bertz CT molecular complexity index is 2870. The Morgan fingerprint density at radius 2 is 0.763 bits per heavy atom. The monoisotopic (exact) mass is 756 g/mol. The summed E-state index contributed by atoms with van der Waals surface area (Å²) in [5, 5.41) is 2.43. The Balaban J connectivity index is 0.00000145. The van der Waals surface area contributed by atoms with Gasteiger partial charge in [-0.25, -0.2) is 0 Å². The Hall–Kier alpha value is -7.68. The van der Waals surface area contributed by atoms with Crippen molar-refractivity contribution in [1.82, 2.24) is 4.57 Å². The number of para-hydroxylation sites is 1. The van der Waals surface area contributed by atoms with Crippen molar-refractivity contribution in [2.75, 3.05) is 4.90 Å². The molecule has 0 atom stereocenters. The summed E-state index contributed by atoms with van der Waals surface area (Å²) in [5.41, 5.74) is 16.4. The lowest BCUT2D eigenvalue weighted by Crippen LogP contribution is -2.10. The van der Waals surface area contributed by atoms with Gasteiger partial charge in [0.1, 0.15) is 0 Å². The van der Waals surface area contributed by atoms with Crippen LogP contribution in [0.3, 0.4) is 0 Å². The van der Waals surface area contributed by atoms with E-state index in [4.69, 9.17) is 0 Å². The molecule has 0 aliphatic rings. The summed E-state index contributed by atoms with van der Waals surface area (Å²) in [6, 6.07) is 83.0. The van der Waals surface area contributed by atoms with Crippen LogP contribution in [0.1, 0.15) is 6.92 Å². The third-order valence-corrected chi connectivity index (χ3v) is 10.8. The zero-order valence-electron chi connectivity index (χ0n) is 33.1. The smallest absolute Gasteiger partial charge is 0.0625 e. The lowest BCUT2D eigenvalue weighted by Gasteiger charge is -2.26. The molecule has 0 aliphatic heterocycles. The van der Waals surface area contributed by atoms with Gasteiger partial charge >= 0.3 is 0 Å². The number of allylic oxidation sites excluding steroid dienone is 1. The van der Waals surface area contributed by atoms with E-state index in [0.29, 0.717) is 0 Å². The maximum atomic E-state index is 3.36. The third kappa shape index (κ3) is 7.36. The van der Waals surface area contributed by atoms with E-state index in [9.17, 15) is 0 Å². The first-order valence-electron chi connectivity index (χ1n) is 20.2. The van der Waals surface area contributed by atoms with Crippen molar-refractivity contribution < 1.29 is 0 Å². The van der Waals surface area contributed by atoms with Crippen molar-refractivity contribution in [2.24, 2.45) is 0 Å². The number of benzene rings is 9. The van der Waals surface area contributed by atoms with E-state index in [1.807, 2.05) is 6.92 Å². The number of fused-ring (bicyclic) bond motifs is 3. The molecule has 1 heterocycles. The van der Waals surface area contributed by atoms with E-state index in [-0.39, 0.29) is 0 Å². The van der Waals surface area contributed by atoms with E-state index in [2.05, 4.69) is 247 Å². The minimum Gasteiger partial charge on any atom is -0.310 e. The molecular formula is C57H44N2. The highest BCUT2D eigenvalue weighted by Gasteiger charge is 2.22. The Morgan fingerprint density at radius 1 is 0.390 bits per heavy atom. The number of hydrogen-bond donors (Lipinski definition) is 0. The Kier molecular flexibility index (Phi) is 10.5. The highest BCUT2D eigenvalue weighted by atomic mass is 15.1. The van der Waals surface area contributed by atoms with Gasteiger partial charge < -0.3 is 9.47 Å². The van der Waals surface area contributed by atoms with Crippen LogP contribution in [0.25, 0.3) is 72.0 Å². The van der Waals surface area contributed by atoms with E-state index in [1.54, 1.807) is 6.08 Å². The molecule has 0 aliphatic carbocycles. The SMILES string of the molecule is C=CC.c1ccc(-c2ccc(N(c3ccc(-c4ccccc4)cc3)c3ccc4c(c3)c3c(-c5ccccc5)ccc(-c5ccccc5)c3n4-c3ccccc3)cc2)cc1. The first-order chi connectivity index (χ1) is 29.2. The lowest BCUT2D eigenvalue weighted by atomic mass is 9.94. The molecule has 0 N–H and O–H groups in total. The molecule has 0 bridgehead atoms. The molecule has 10 rings (SSSR count). The molecule has 0 saturated carbocycles.